The van der Waals surface area contributed by atoms with Crippen molar-refractivity contribution >= 4 is 5.97 Å². The van der Waals surface area contributed by atoms with Gasteiger partial charge in [0, 0.05) is 0 Å². The number of phenols is 1. The quantitative estimate of drug-likeness (QED) is 0.868. The first kappa shape index (κ1) is 12.2. The topological polar surface area (TPSA) is 57.5 Å². The number of carboxylic acids is 1. The number of hydrogen-bond donors (Lipinski definition) is 2. The molecule has 0 aliphatic rings. The van der Waals surface area contributed by atoms with Crippen molar-refractivity contribution in [3.63, 3.8) is 0 Å². The molecule has 3 nitrogen and oxygen atoms in total. The lowest BCUT2D eigenvalue weighted by atomic mass is 9.96. The monoisotopic (exact) mass is 242 g/mol. The van der Waals surface area contributed by atoms with Crippen LogP contribution in [0.25, 0.3) is 11.1 Å². The van der Waals surface area contributed by atoms with Crippen LogP contribution >= 0.6 is 0 Å². The zero-order valence-electron chi connectivity index (χ0n) is 10.00. The zero-order chi connectivity index (χ0) is 13.1. The van der Waals surface area contributed by atoms with Crippen LogP contribution < -0.4 is 0 Å². The van der Waals surface area contributed by atoms with Crippen LogP contribution in [0.2, 0.25) is 0 Å². The molecule has 2 aromatic rings. The number of rotatable bonds is 3. The van der Waals surface area contributed by atoms with E-state index in [9.17, 15) is 9.90 Å². The van der Waals surface area contributed by atoms with E-state index < -0.39 is 11.9 Å². The zero-order valence-corrected chi connectivity index (χ0v) is 10.00. The summed E-state index contributed by atoms with van der Waals surface area (Å²) >= 11 is 0. The third-order valence-electron chi connectivity index (χ3n) is 2.94. The summed E-state index contributed by atoms with van der Waals surface area (Å²) in [7, 11) is 0. The Morgan fingerprint density at radius 1 is 1.06 bits per heavy atom. The van der Waals surface area contributed by atoms with Gasteiger partial charge in [0.25, 0.3) is 0 Å². The molecule has 2 N–H and O–H groups in total. The molecule has 92 valence electrons. The van der Waals surface area contributed by atoms with Gasteiger partial charge < -0.3 is 10.2 Å². The molecule has 0 aromatic heterocycles. The minimum absolute atomic E-state index is 0.198. The molecule has 1 unspecified atom stereocenters. The van der Waals surface area contributed by atoms with E-state index in [1.54, 1.807) is 31.2 Å². The smallest absolute Gasteiger partial charge is 0.310 e. The lowest BCUT2D eigenvalue weighted by Crippen LogP contribution is -2.07. The Kier molecular flexibility index (Phi) is 3.33. The summed E-state index contributed by atoms with van der Waals surface area (Å²) in [6.45, 7) is 1.66. The van der Waals surface area contributed by atoms with E-state index in [4.69, 9.17) is 5.11 Å². The molecule has 1 atom stereocenters. The average Bonchev–Trinajstić information content (AvgIpc) is 2.38. The predicted molar refractivity (Wildman–Crippen MR) is 69.6 cm³/mol. The van der Waals surface area contributed by atoms with Gasteiger partial charge >= 0.3 is 5.97 Å². The maximum Gasteiger partial charge on any atom is 0.310 e. The van der Waals surface area contributed by atoms with E-state index in [1.807, 2.05) is 24.3 Å². The second kappa shape index (κ2) is 4.92. The third kappa shape index (κ3) is 2.51. The minimum atomic E-state index is -0.844. The first-order chi connectivity index (χ1) is 8.58. The van der Waals surface area contributed by atoms with Gasteiger partial charge in [-0.25, -0.2) is 0 Å². The lowest BCUT2D eigenvalue weighted by Gasteiger charge is -2.09. The van der Waals surface area contributed by atoms with Crippen molar-refractivity contribution in [3.8, 4) is 16.9 Å². The highest BCUT2D eigenvalue weighted by atomic mass is 16.4. The Morgan fingerprint density at radius 2 is 1.67 bits per heavy atom. The first-order valence-electron chi connectivity index (χ1n) is 5.70. The highest BCUT2D eigenvalue weighted by molar-refractivity contribution is 5.77. The maximum absolute atomic E-state index is 11.0. The molecular formula is C15H14O3. The second-order valence-electron chi connectivity index (χ2n) is 4.24. The molecule has 0 saturated heterocycles. The molecule has 0 aliphatic heterocycles. The van der Waals surface area contributed by atoms with E-state index in [0.717, 1.165) is 16.7 Å². The Hall–Kier alpha value is -2.29. The summed E-state index contributed by atoms with van der Waals surface area (Å²) in [5.41, 5.74) is 2.52. The molecule has 18 heavy (non-hydrogen) atoms. The molecule has 3 heteroatoms. The Bertz CT molecular complexity index is 575. The van der Waals surface area contributed by atoms with Gasteiger partial charge in [0.2, 0.25) is 0 Å². The van der Waals surface area contributed by atoms with Gasteiger partial charge in [0.1, 0.15) is 5.75 Å². The largest absolute Gasteiger partial charge is 0.508 e. The normalized spacial score (nSPS) is 12.1. The molecule has 0 radical (unpaired) electrons. The van der Waals surface area contributed by atoms with Crippen molar-refractivity contribution in [2.75, 3.05) is 0 Å². The molecule has 0 amide bonds. The second-order valence-corrected chi connectivity index (χ2v) is 4.24. The summed E-state index contributed by atoms with van der Waals surface area (Å²) in [6.07, 6.45) is 0. The van der Waals surface area contributed by atoms with E-state index >= 15 is 0 Å². The van der Waals surface area contributed by atoms with Crippen molar-refractivity contribution in [2.45, 2.75) is 12.8 Å². The highest BCUT2D eigenvalue weighted by Crippen LogP contribution is 2.26. The molecule has 0 saturated carbocycles. The van der Waals surface area contributed by atoms with E-state index in [1.165, 1.54) is 0 Å². The molecule has 0 bridgehead atoms. The fourth-order valence-electron chi connectivity index (χ4n) is 1.82. The molecular weight excluding hydrogens is 228 g/mol. The van der Waals surface area contributed by atoms with Crippen LogP contribution in [-0.2, 0) is 4.79 Å². The molecule has 2 rings (SSSR count). The number of aliphatic carboxylic acids is 1. The van der Waals surface area contributed by atoms with Crippen molar-refractivity contribution in [3.05, 3.63) is 54.1 Å². The van der Waals surface area contributed by atoms with Gasteiger partial charge in [-0.05, 0) is 35.7 Å². The number of aromatic hydroxyl groups is 1. The van der Waals surface area contributed by atoms with Gasteiger partial charge in [-0.1, -0.05) is 36.4 Å². The van der Waals surface area contributed by atoms with E-state index in [-0.39, 0.29) is 5.75 Å². The van der Waals surface area contributed by atoms with Crippen molar-refractivity contribution in [1.82, 2.24) is 0 Å². The van der Waals surface area contributed by atoms with Crippen molar-refractivity contribution in [1.29, 1.82) is 0 Å². The highest BCUT2D eigenvalue weighted by Gasteiger charge is 2.13. The first-order valence-corrected chi connectivity index (χ1v) is 5.70. The Labute approximate surface area is 105 Å². The summed E-state index contributed by atoms with van der Waals surface area (Å²) in [5, 5.41) is 18.4. The fourth-order valence-corrected chi connectivity index (χ4v) is 1.82. The summed E-state index contributed by atoms with van der Waals surface area (Å²) in [6, 6.07) is 14.3. The van der Waals surface area contributed by atoms with Gasteiger partial charge in [-0.3, -0.25) is 4.79 Å². The summed E-state index contributed by atoms with van der Waals surface area (Å²) in [5.74, 6) is -1.19. The third-order valence-corrected chi connectivity index (χ3v) is 2.94. The maximum atomic E-state index is 11.0. The lowest BCUT2D eigenvalue weighted by molar-refractivity contribution is -0.138. The van der Waals surface area contributed by atoms with Crippen LogP contribution in [0.15, 0.2) is 48.5 Å². The number of carboxylic acid groups (broad SMARTS) is 1. The molecule has 0 heterocycles. The SMILES string of the molecule is CC(C(=O)O)c1cccc(-c2cccc(O)c2)c1. The number of carbonyl (C=O) groups is 1. The number of benzene rings is 2. The Balaban J connectivity index is 2.41. The van der Waals surface area contributed by atoms with Crippen LogP contribution in [0.1, 0.15) is 18.4 Å². The van der Waals surface area contributed by atoms with Crippen LogP contribution in [0, 0.1) is 0 Å². The van der Waals surface area contributed by atoms with Gasteiger partial charge in [-0.2, -0.15) is 0 Å². The van der Waals surface area contributed by atoms with E-state index in [0.29, 0.717) is 0 Å². The minimum Gasteiger partial charge on any atom is -0.508 e. The summed E-state index contributed by atoms with van der Waals surface area (Å²) in [4.78, 5) is 11.0. The van der Waals surface area contributed by atoms with Gasteiger partial charge in [0.05, 0.1) is 5.92 Å². The number of hydrogen-bond acceptors (Lipinski definition) is 2. The molecule has 0 spiro atoms. The van der Waals surface area contributed by atoms with Crippen molar-refractivity contribution in [2.24, 2.45) is 0 Å². The average molecular weight is 242 g/mol. The van der Waals surface area contributed by atoms with E-state index in [2.05, 4.69) is 0 Å². The van der Waals surface area contributed by atoms with Gasteiger partial charge in [0.15, 0.2) is 0 Å². The van der Waals surface area contributed by atoms with Crippen LogP contribution in [0.5, 0.6) is 5.75 Å². The van der Waals surface area contributed by atoms with Crippen LogP contribution in [0.4, 0.5) is 0 Å². The summed E-state index contributed by atoms with van der Waals surface area (Å²) < 4.78 is 0. The standard InChI is InChI=1S/C15H14O3/c1-10(15(17)18)11-4-2-5-12(8-11)13-6-3-7-14(16)9-13/h2-10,16H,1H3,(H,17,18). The predicted octanol–water partition coefficient (Wildman–Crippen LogP) is 3.25. The van der Waals surface area contributed by atoms with Crippen LogP contribution in [0.3, 0.4) is 0 Å². The van der Waals surface area contributed by atoms with Gasteiger partial charge in [-0.15, -0.1) is 0 Å². The van der Waals surface area contributed by atoms with Crippen LogP contribution in [-0.4, -0.2) is 16.2 Å². The molecule has 0 fully saturated rings. The molecule has 0 aliphatic carbocycles. The van der Waals surface area contributed by atoms with Crippen molar-refractivity contribution < 1.29 is 15.0 Å². The fraction of sp³-hybridized carbons (Fsp3) is 0.133. The number of phenolic OH excluding ortho intramolecular Hbond substituents is 1. The molecule has 2 aromatic carbocycles. The Morgan fingerprint density at radius 3 is 2.28 bits per heavy atom.